The van der Waals surface area contributed by atoms with E-state index in [1.54, 1.807) is 0 Å². The molecule has 0 fully saturated rings. The van der Waals surface area contributed by atoms with E-state index in [4.69, 9.17) is 0 Å². The minimum absolute atomic E-state index is 2.00. The summed E-state index contributed by atoms with van der Waals surface area (Å²) in [7, 11) is 2.00. The molecule has 28 valence electrons. The molecule has 0 spiro atoms. The fourth-order valence-corrected chi connectivity index (χ4v) is 0.258. The molecule has 0 aliphatic heterocycles. The van der Waals surface area contributed by atoms with Crippen molar-refractivity contribution < 1.29 is 0 Å². The maximum absolute atomic E-state index is 2.00. The molecule has 0 amide bonds. The molecule has 0 aliphatic rings. The van der Waals surface area contributed by atoms with Gasteiger partial charge in [-0.3, -0.25) is 0 Å². The Morgan fingerprint density at radius 2 is 2.20 bits per heavy atom. The van der Waals surface area contributed by atoms with E-state index >= 15 is 0 Å². The van der Waals surface area contributed by atoms with Gasteiger partial charge in [-0.2, -0.15) is 0 Å². The molecule has 0 unspecified atom stereocenters. The monoisotopic (exact) mass is 68.1 g/mol. The van der Waals surface area contributed by atoms with Crippen molar-refractivity contribution in [3.05, 3.63) is 18.5 Å². The molecule has 1 aromatic rings. The van der Waals surface area contributed by atoms with E-state index in [0.29, 0.717) is 0 Å². The van der Waals surface area contributed by atoms with Gasteiger partial charge >= 0.3 is 0 Å². The van der Waals surface area contributed by atoms with Gasteiger partial charge in [-0.25, -0.2) is 0 Å². The zero-order valence-electron chi connectivity index (χ0n) is 3.18. The van der Waals surface area contributed by atoms with Gasteiger partial charge in [-0.05, 0) is 7.05 Å². The maximum atomic E-state index is 2.00. The van der Waals surface area contributed by atoms with Crippen LogP contribution < -0.4 is 0 Å². The van der Waals surface area contributed by atoms with Gasteiger partial charge in [0.05, 0.1) is 0 Å². The first-order valence-corrected chi connectivity index (χ1v) is 1.63. The number of rotatable bonds is 0. The van der Waals surface area contributed by atoms with Crippen molar-refractivity contribution in [2.24, 2.45) is 7.05 Å². The highest BCUT2D eigenvalue weighted by Gasteiger charge is 1.60. The number of hydrogen-bond acceptors (Lipinski definition) is 0. The third-order valence-electron chi connectivity index (χ3n) is 0.642. The summed E-state index contributed by atoms with van der Waals surface area (Å²) in [6.07, 6.45) is 4.00. The van der Waals surface area contributed by atoms with Crippen LogP contribution in [0, 0.1) is 0 Å². The van der Waals surface area contributed by atoms with E-state index in [1.165, 1.54) is 0 Å². The fourth-order valence-electron chi connectivity index (χ4n) is 0.258. The molecular weight excluding hydrogens is 62.1 g/mol. The Balaban J connectivity index is 2.83. The Labute approximate surface area is 31.2 Å². The number of hydrogen-bond donors (Lipinski definition) is 0. The van der Waals surface area contributed by atoms with Gasteiger partial charge in [0.2, 0.25) is 0 Å². The van der Waals surface area contributed by atoms with Gasteiger partial charge < -0.3 is 4.57 Å². The number of aryl methyl sites for hydroxylation is 1. The van der Waals surface area contributed by atoms with Crippen molar-refractivity contribution in [2.75, 3.05) is 0 Å². The van der Waals surface area contributed by atoms with E-state index in [0.717, 1.165) is 0 Å². The predicted octanol–water partition coefficient (Wildman–Crippen LogP) is 0.744. The summed E-state index contributed by atoms with van der Waals surface area (Å²) >= 11 is 0. The zero-order valence-corrected chi connectivity index (χ0v) is 3.18. The van der Waals surface area contributed by atoms with Gasteiger partial charge in [0.15, 0.2) is 0 Å². The molecular formula is C4H6N-. The van der Waals surface area contributed by atoms with Crippen LogP contribution in [0.1, 0.15) is 0 Å². The van der Waals surface area contributed by atoms with E-state index in [1.807, 2.05) is 30.1 Å². The summed E-state index contributed by atoms with van der Waals surface area (Å²) in [6, 6.07) is 2.00. The lowest BCUT2D eigenvalue weighted by Gasteiger charge is -2.04. The molecule has 0 saturated heterocycles. The molecule has 1 nitrogen and oxygen atoms in total. The van der Waals surface area contributed by atoms with E-state index in [9.17, 15) is 0 Å². The Hall–Kier alpha value is -0.590. The first kappa shape index (κ1) is 2.64. The lowest BCUT2D eigenvalue weighted by Crippen LogP contribution is -1.87. The Morgan fingerprint density at radius 1 is 1.80 bits per heavy atom. The van der Waals surface area contributed by atoms with Crippen LogP contribution in [-0.2, 0) is 7.05 Å². The summed E-state index contributed by atoms with van der Waals surface area (Å²) in [4.78, 5) is 0. The van der Waals surface area contributed by atoms with E-state index in [2.05, 4.69) is 0 Å². The third-order valence-corrected chi connectivity index (χ3v) is 0.642. The van der Waals surface area contributed by atoms with Crippen molar-refractivity contribution in [1.29, 1.82) is 0 Å². The van der Waals surface area contributed by atoms with Gasteiger partial charge in [0.1, 0.15) is 0 Å². The smallest absolute Gasteiger partial charge is 0.0134 e. The largest absolute Gasteiger partial charge is 0.461 e. The van der Waals surface area contributed by atoms with Crippen LogP contribution in [0.25, 0.3) is 0 Å². The molecule has 0 aromatic carbocycles. The van der Waals surface area contributed by atoms with Gasteiger partial charge in [-0.1, -0.05) is 0 Å². The second-order valence-corrected chi connectivity index (χ2v) is 1.16. The molecule has 1 aromatic heterocycles. The highest BCUT2D eigenvalue weighted by Crippen LogP contribution is 1.80. The van der Waals surface area contributed by atoms with E-state index in [-0.39, 0.29) is 0 Å². The summed E-state index contributed by atoms with van der Waals surface area (Å²) in [5, 5.41) is 0. The Bertz CT molecular complexity index is 85.8. The molecule has 0 radical (unpaired) electrons. The number of nitrogens with zero attached hydrogens (tertiary/aromatic N) is 1. The van der Waals surface area contributed by atoms with Crippen LogP contribution in [0.2, 0.25) is 0 Å². The van der Waals surface area contributed by atoms with Crippen molar-refractivity contribution in [2.45, 2.75) is 0 Å². The molecule has 1 heteroatoms. The minimum atomic E-state index is 2.00. The number of aromatic nitrogens is 1. The summed E-state index contributed by atoms with van der Waals surface area (Å²) in [6.45, 7) is 0. The first-order valence-electron chi connectivity index (χ1n) is 1.63. The fraction of sp³-hybridized carbons (Fsp3) is 0.250. The highest BCUT2D eigenvalue weighted by atomic mass is 14.9. The molecule has 1 rings (SSSR count). The van der Waals surface area contributed by atoms with Crippen LogP contribution in [0.5, 0.6) is 0 Å². The molecule has 0 N–H and O–H groups in total. The zero-order chi connectivity index (χ0) is 3.70. The van der Waals surface area contributed by atoms with Crippen molar-refractivity contribution in [3.8, 4) is 0 Å². The van der Waals surface area contributed by atoms with Gasteiger partial charge in [0.25, 0.3) is 0 Å². The summed E-state index contributed by atoms with van der Waals surface area (Å²) in [5.41, 5.74) is 0. The Morgan fingerprint density at radius 3 is 2.20 bits per heavy atom. The lowest BCUT2D eigenvalue weighted by molar-refractivity contribution is 0.869. The second-order valence-electron chi connectivity index (χ2n) is 1.16. The molecule has 0 saturated carbocycles. The second kappa shape index (κ2) is 0.677. The Kier molecular flexibility index (Phi) is 0.357. The predicted molar refractivity (Wildman–Crippen MR) is 21.0 cm³/mol. The van der Waals surface area contributed by atoms with Gasteiger partial charge in [-0.15, -0.1) is 18.5 Å². The molecule has 1 heterocycles. The van der Waals surface area contributed by atoms with Crippen molar-refractivity contribution in [1.82, 2.24) is 4.57 Å². The molecule has 0 bridgehead atoms. The molecule has 5 heavy (non-hydrogen) atoms. The molecule has 0 aliphatic carbocycles. The quantitative estimate of drug-likeness (QED) is 0.395. The van der Waals surface area contributed by atoms with Crippen LogP contribution in [0.4, 0.5) is 0 Å². The summed E-state index contributed by atoms with van der Waals surface area (Å²) < 4.78 is 2.00. The normalized spacial score (nSPS) is 9.00. The third kappa shape index (κ3) is 0.232. The van der Waals surface area contributed by atoms with E-state index < -0.39 is 0 Å². The maximum Gasteiger partial charge on any atom is -0.0134 e. The summed E-state index contributed by atoms with van der Waals surface area (Å²) in [5.74, 6) is 0. The highest BCUT2D eigenvalue weighted by molar-refractivity contribution is 4.84. The topological polar surface area (TPSA) is 4.93 Å². The van der Waals surface area contributed by atoms with Crippen LogP contribution >= 0.6 is 0 Å². The van der Waals surface area contributed by atoms with Crippen LogP contribution in [0.15, 0.2) is 18.5 Å². The van der Waals surface area contributed by atoms with Gasteiger partial charge in [0, 0.05) is 0 Å². The van der Waals surface area contributed by atoms with Crippen molar-refractivity contribution >= 4 is 0 Å². The lowest BCUT2D eigenvalue weighted by atomic mass is 10.6. The standard InChI is InChI=1S/C4H6N/c1-5-3-2-4-5/h2-4H,1H3/q-1. The molecule has 0 atom stereocenters. The minimum Gasteiger partial charge on any atom is -0.461 e. The van der Waals surface area contributed by atoms with Crippen LogP contribution in [-0.4, -0.2) is 4.57 Å². The first-order chi connectivity index (χ1) is 2.39. The van der Waals surface area contributed by atoms with Crippen LogP contribution in [0.3, 0.4) is 0 Å². The average molecular weight is 68.1 g/mol. The van der Waals surface area contributed by atoms with Crippen molar-refractivity contribution in [3.63, 3.8) is 0 Å². The average Bonchev–Trinajstić information content (AvgIpc) is 1.30. The SMILES string of the molecule is Cn1cc[cH-]1.